The fourth-order valence-electron chi connectivity index (χ4n) is 3.16. The minimum atomic E-state index is -3.98. The summed E-state index contributed by atoms with van der Waals surface area (Å²) in [5, 5.41) is 27.6. The van der Waals surface area contributed by atoms with Crippen LogP contribution in [-0.2, 0) is 24.2 Å². The van der Waals surface area contributed by atoms with Crippen LogP contribution in [0.1, 0.15) is 13.3 Å². The van der Waals surface area contributed by atoms with Crippen LogP contribution in [0.25, 0.3) is 0 Å². The van der Waals surface area contributed by atoms with Crippen LogP contribution >= 0.6 is 0 Å². The third-order valence-corrected chi connectivity index (χ3v) is 5.82. The average molecular weight is 362 g/mol. The van der Waals surface area contributed by atoms with Gasteiger partial charge in [0.15, 0.2) is 9.84 Å². The Morgan fingerprint density at radius 2 is 1.96 bits per heavy atom. The molecular weight excluding hydrogens is 344 g/mol. The van der Waals surface area contributed by atoms with E-state index in [1.165, 1.54) is 6.92 Å². The first-order valence-electron chi connectivity index (χ1n) is 7.11. The first-order valence-corrected chi connectivity index (χ1v) is 8.93. The number of carboxylic acids is 2. The van der Waals surface area contributed by atoms with Gasteiger partial charge in [-0.2, -0.15) is 0 Å². The van der Waals surface area contributed by atoms with Crippen molar-refractivity contribution in [2.24, 2.45) is 11.7 Å². The minimum Gasteiger partial charge on any atom is -0.480 e. The van der Waals surface area contributed by atoms with Crippen LogP contribution in [0.3, 0.4) is 0 Å². The number of nitrogens with two attached hydrogens (primary N) is 1. The summed E-state index contributed by atoms with van der Waals surface area (Å²) < 4.78 is 24.2. The Labute approximate surface area is 137 Å². The van der Waals surface area contributed by atoms with Gasteiger partial charge >= 0.3 is 11.9 Å². The van der Waals surface area contributed by atoms with Crippen LogP contribution in [0.4, 0.5) is 0 Å². The molecule has 10 nitrogen and oxygen atoms in total. The number of sulfone groups is 1. The molecule has 0 aromatic rings. The van der Waals surface area contributed by atoms with Gasteiger partial charge in [-0.1, -0.05) is 0 Å². The lowest BCUT2D eigenvalue weighted by Crippen LogP contribution is -2.61. The molecule has 0 saturated carbocycles. The predicted molar refractivity (Wildman–Crippen MR) is 79.3 cm³/mol. The smallest absolute Gasteiger partial charge is 0.352 e. The van der Waals surface area contributed by atoms with Crippen LogP contribution in [0.15, 0.2) is 11.3 Å². The average Bonchev–Trinajstić information content (AvgIpc) is 2.71. The van der Waals surface area contributed by atoms with E-state index in [9.17, 15) is 33.0 Å². The SMILES string of the molecule is CC(O)C1C(=O)N2C(C(=O)O)=C(CS(=O)(=O)CC(N)C(=O)O)CC12. The number of β-lactam (4-membered cyclic amide) rings is 1. The molecule has 11 heteroatoms. The second-order valence-electron chi connectivity index (χ2n) is 6.00. The van der Waals surface area contributed by atoms with E-state index in [1.54, 1.807) is 0 Å². The van der Waals surface area contributed by atoms with Crippen molar-refractivity contribution in [3.05, 3.63) is 11.3 Å². The van der Waals surface area contributed by atoms with Crippen molar-refractivity contribution in [2.45, 2.75) is 31.5 Å². The zero-order chi connectivity index (χ0) is 18.4. The zero-order valence-electron chi connectivity index (χ0n) is 12.7. The van der Waals surface area contributed by atoms with Gasteiger partial charge in [0.2, 0.25) is 5.91 Å². The summed E-state index contributed by atoms with van der Waals surface area (Å²) in [6.45, 7) is 1.40. The van der Waals surface area contributed by atoms with Gasteiger partial charge in [0, 0.05) is 0 Å². The summed E-state index contributed by atoms with van der Waals surface area (Å²) in [4.78, 5) is 35.1. The Balaban J connectivity index is 2.25. The van der Waals surface area contributed by atoms with Gasteiger partial charge in [0.25, 0.3) is 0 Å². The van der Waals surface area contributed by atoms with Gasteiger partial charge in [-0.3, -0.25) is 9.59 Å². The molecule has 0 bridgehead atoms. The Bertz CT molecular complexity index is 726. The van der Waals surface area contributed by atoms with E-state index < -0.39 is 69.0 Å². The van der Waals surface area contributed by atoms with E-state index in [4.69, 9.17) is 10.8 Å². The molecule has 2 aliphatic rings. The molecule has 2 aliphatic heterocycles. The molecule has 0 spiro atoms. The second kappa shape index (κ2) is 6.15. The molecule has 2 rings (SSSR count). The quantitative estimate of drug-likeness (QED) is 0.365. The molecule has 0 aliphatic carbocycles. The molecule has 4 unspecified atom stereocenters. The lowest BCUT2D eigenvalue weighted by atomic mass is 9.83. The van der Waals surface area contributed by atoms with Crippen molar-refractivity contribution in [1.82, 2.24) is 4.90 Å². The number of hydrogen-bond donors (Lipinski definition) is 4. The monoisotopic (exact) mass is 362 g/mol. The van der Waals surface area contributed by atoms with Gasteiger partial charge in [0.05, 0.1) is 29.6 Å². The van der Waals surface area contributed by atoms with Crippen LogP contribution in [-0.4, -0.2) is 76.2 Å². The summed E-state index contributed by atoms with van der Waals surface area (Å²) in [6, 6.07) is -2.21. The number of carbonyl (C=O) groups excluding carboxylic acids is 1. The molecule has 1 saturated heterocycles. The summed E-state index contributed by atoms with van der Waals surface area (Å²) in [7, 11) is -3.98. The van der Waals surface area contributed by atoms with E-state index >= 15 is 0 Å². The number of fused-ring (bicyclic) bond motifs is 1. The maximum Gasteiger partial charge on any atom is 0.352 e. The van der Waals surface area contributed by atoms with Gasteiger partial charge < -0.3 is 26.0 Å². The van der Waals surface area contributed by atoms with Crippen molar-refractivity contribution < 1.29 is 38.1 Å². The fourth-order valence-corrected chi connectivity index (χ4v) is 4.75. The molecular formula is C13H18N2O8S. The van der Waals surface area contributed by atoms with Crippen molar-refractivity contribution >= 4 is 27.7 Å². The number of nitrogens with zero attached hydrogens (tertiary/aromatic N) is 1. The third kappa shape index (κ3) is 3.14. The van der Waals surface area contributed by atoms with E-state index in [0.29, 0.717) is 0 Å². The van der Waals surface area contributed by atoms with E-state index in [-0.39, 0.29) is 12.0 Å². The maximum absolute atomic E-state index is 12.1. The Hall–Kier alpha value is -1.98. The predicted octanol–water partition coefficient (Wildman–Crippen LogP) is -2.24. The lowest BCUT2D eigenvalue weighted by Gasteiger charge is -2.44. The molecule has 2 heterocycles. The second-order valence-corrected chi connectivity index (χ2v) is 8.11. The Morgan fingerprint density at radius 1 is 1.38 bits per heavy atom. The third-order valence-electron chi connectivity index (χ3n) is 4.17. The Morgan fingerprint density at radius 3 is 2.42 bits per heavy atom. The first-order chi connectivity index (χ1) is 11.0. The highest BCUT2D eigenvalue weighted by Crippen LogP contribution is 2.43. The normalized spacial score (nSPS) is 26.0. The van der Waals surface area contributed by atoms with Crippen LogP contribution < -0.4 is 5.73 Å². The number of aliphatic hydroxyl groups excluding tert-OH is 1. The summed E-state index contributed by atoms with van der Waals surface area (Å²) in [5.41, 5.74) is 4.82. The standard InChI is InChI=1S/C13H18N2O8S/c1-5(16)9-8-2-6(10(13(20)21)15(8)11(9)17)3-24(22,23)4-7(14)12(18)19/h5,7-9,16H,2-4,14H2,1H3,(H,18,19)(H,20,21). The van der Waals surface area contributed by atoms with E-state index in [1.807, 2.05) is 0 Å². The van der Waals surface area contributed by atoms with Crippen molar-refractivity contribution in [1.29, 1.82) is 0 Å². The first kappa shape index (κ1) is 18.4. The molecule has 0 radical (unpaired) electrons. The molecule has 1 fully saturated rings. The summed E-state index contributed by atoms with van der Waals surface area (Å²) >= 11 is 0. The van der Waals surface area contributed by atoms with Crippen molar-refractivity contribution in [3.63, 3.8) is 0 Å². The molecule has 0 aromatic carbocycles. The topological polar surface area (TPSA) is 175 Å². The number of carboxylic acid groups (broad SMARTS) is 2. The highest BCUT2D eigenvalue weighted by Gasteiger charge is 2.56. The number of rotatable bonds is 7. The molecule has 24 heavy (non-hydrogen) atoms. The van der Waals surface area contributed by atoms with Gasteiger partial charge in [-0.15, -0.1) is 0 Å². The molecule has 134 valence electrons. The minimum absolute atomic E-state index is 0.00444. The van der Waals surface area contributed by atoms with Crippen molar-refractivity contribution in [3.8, 4) is 0 Å². The molecule has 0 aromatic heterocycles. The van der Waals surface area contributed by atoms with Gasteiger partial charge in [-0.25, -0.2) is 13.2 Å². The van der Waals surface area contributed by atoms with Gasteiger partial charge in [0.1, 0.15) is 11.7 Å². The van der Waals surface area contributed by atoms with Crippen LogP contribution in [0.2, 0.25) is 0 Å². The maximum atomic E-state index is 12.1. The molecule has 4 atom stereocenters. The molecule has 5 N–H and O–H groups in total. The molecule has 1 amide bonds. The van der Waals surface area contributed by atoms with E-state index in [0.717, 1.165) is 4.90 Å². The lowest BCUT2D eigenvalue weighted by molar-refractivity contribution is -0.161. The highest BCUT2D eigenvalue weighted by atomic mass is 32.2. The Kier molecular flexibility index (Phi) is 4.70. The van der Waals surface area contributed by atoms with Crippen LogP contribution in [0.5, 0.6) is 0 Å². The van der Waals surface area contributed by atoms with Gasteiger partial charge in [-0.05, 0) is 18.9 Å². The number of hydrogen-bond acceptors (Lipinski definition) is 7. The van der Waals surface area contributed by atoms with E-state index in [2.05, 4.69) is 0 Å². The largest absolute Gasteiger partial charge is 0.480 e. The summed E-state index contributed by atoms with van der Waals surface area (Å²) in [5.74, 6) is -5.80. The number of aliphatic carboxylic acids is 2. The zero-order valence-corrected chi connectivity index (χ0v) is 13.6. The number of amides is 1. The number of carbonyl (C=O) groups is 3. The summed E-state index contributed by atoms with van der Waals surface area (Å²) in [6.07, 6.45) is -0.977. The van der Waals surface area contributed by atoms with Crippen molar-refractivity contribution in [2.75, 3.05) is 11.5 Å². The number of aliphatic hydroxyl groups is 1. The fraction of sp³-hybridized carbons (Fsp3) is 0.615. The highest BCUT2D eigenvalue weighted by molar-refractivity contribution is 7.91. The van der Waals surface area contributed by atoms with Crippen LogP contribution in [0, 0.1) is 5.92 Å².